The summed E-state index contributed by atoms with van der Waals surface area (Å²) < 4.78 is 5.30. The Kier molecular flexibility index (Phi) is 6.39. The lowest BCUT2D eigenvalue weighted by atomic mass is 9.71. The third-order valence-corrected chi connectivity index (χ3v) is 7.21. The van der Waals surface area contributed by atoms with Gasteiger partial charge in [-0.25, -0.2) is 0 Å². The van der Waals surface area contributed by atoms with Gasteiger partial charge in [0.1, 0.15) is 5.01 Å². The van der Waals surface area contributed by atoms with Crippen molar-refractivity contribution in [1.82, 2.24) is 15.1 Å². The first-order valence-electron chi connectivity index (χ1n) is 11.0. The van der Waals surface area contributed by atoms with Gasteiger partial charge in [0.15, 0.2) is 0 Å². The normalized spacial score (nSPS) is 19.8. The molecule has 2 amide bonds. The van der Waals surface area contributed by atoms with Gasteiger partial charge in [0.25, 0.3) is 5.91 Å². The van der Waals surface area contributed by atoms with Gasteiger partial charge >= 0.3 is 0 Å². The number of hydrogen-bond acceptors (Lipinski definition) is 6. The Hall–Kier alpha value is -2.32. The van der Waals surface area contributed by atoms with E-state index in [1.807, 2.05) is 29.2 Å². The number of nitrogens with one attached hydrogen (secondary N) is 1. The second-order valence-electron chi connectivity index (χ2n) is 8.87. The second-order valence-corrected chi connectivity index (χ2v) is 9.93. The summed E-state index contributed by atoms with van der Waals surface area (Å²) in [5.74, 6) is -0.0905. The van der Waals surface area contributed by atoms with Crippen LogP contribution in [-0.2, 0) is 16.0 Å². The van der Waals surface area contributed by atoms with Crippen LogP contribution in [0, 0.1) is 5.92 Å². The molecule has 2 aromatic rings. The minimum Gasteiger partial charge on any atom is -0.383 e. The van der Waals surface area contributed by atoms with Crippen LogP contribution in [0.15, 0.2) is 24.3 Å². The maximum absolute atomic E-state index is 13.7. The third kappa shape index (κ3) is 4.11. The van der Waals surface area contributed by atoms with Crippen LogP contribution in [0.2, 0.25) is 0 Å². The maximum atomic E-state index is 13.7. The van der Waals surface area contributed by atoms with Crippen molar-refractivity contribution in [2.75, 3.05) is 25.6 Å². The Morgan fingerprint density at radius 1 is 1.29 bits per heavy atom. The molecule has 1 aromatic heterocycles. The summed E-state index contributed by atoms with van der Waals surface area (Å²) in [4.78, 5) is 29.0. The van der Waals surface area contributed by atoms with Gasteiger partial charge in [0.05, 0.1) is 18.1 Å². The summed E-state index contributed by atoms with van der Waals surface area (Å²) in [6, 6.07) is 7.52. The number of fused-ring (bicyclic) bond motifs is 1. The molecule has 7 nitrogen and oxygen atoms in total. The SMILES string of the molecule is COCCN1C(=O)c2ccccc2[C@@H](C(=O)Nc2nnc(CC(C)C)s2)C12CCCC2. The molecule has 1 aliphatic heterocycles. The molecular weight excluding hydrogens is 412 g/mol. The van der Waals surface area contributed by atoms with Gasteiger partial charge < -0.3 is 9.64 Å². The quantitative estimate of drug-likeness (QED) is 0.704. The molecule has 2 heterocycles. The molecule has 1 saturated carbocycles. The number of methoxy groups -OCH3 is 1. The van der Waals surface area contributed by atoms with Crippen molar-refractivity contribution < 1.29 is 14.3 Å². The van der Waals surface area contributed by atoms with E-state index in [9.17, 15) is 9.59 Å². The molecule has 0 bridgehead atoms. The monoisotopic (exact) mass is 442 g/mol. The van der Waals surface area contributed by atoms with Crippen molar-refractivity contribution in [2.45, 2.75) is 57.4 Å². The van der Waals surface area contributed by atoms with E-state index in [2.05, 4.69) is 29.4 Å². The van der Waals surface area contributed by atoms with Crippen molar-refractivity contribution in [3.8, 4) is 0 Å². The van der Waals surface area contributed by atoms with Gasteiger partial charge in [-0.1, -0.05) is 56.2 Å². The smallest absolute Gasteiger partial charge is 0.254 e. The lowest BCUT2D eigenvalue weighted by Gasteiger charge is -2.50. The Balaban J connectivity index is 1.70. The summed E-state index contributed by atoms with van der Waals surface area (Å²) in [5.41, 5.74) is 0.890. The number of nitrogens with zero attached hydrogens (tertiary/aromatic N) is 3. The van der Waals surface area contributed by atoms with Crippen molar-refractivity contribution in [2.24, 2.45) is 5.92 Å². The van der Waals surface area contributed by atoms with Crippen LogP contribution in [0.5, 0.6) is 0 Å². The number of amides is 2. The van der Waals surface area contributed by atoms with E-state index in [-0.39, 0.29) is 11.8 Å². The zero-order valence-corrected chi connectivity index (χ0v) is 19.2. The summed E-state index contributed by atoms with van der Waals surface area (Å²) in [6.45, 7) is 5.19. The van der Waals surface area contributed by atoms with Crippen LogP contribution in [0.3, 0.4) is 0 Å². The minimum absolute atomic E-state index is 0.00580. The summed E-state index contributed by atoms with van der Waals surface area (Å²) in [6.07, 6.45) is 4.45. The number of carbonyl (C=O) groups is 2. The van der Waals surface area contributed by atoms with Gasteiger partial charge in [0, 0.05) is 25.6 Å². The van der Waals surface area contributed by atoms with E-state index in [1.54, 1.807) is 7.11 Å². The summed E-state index contributed by atoms with van der Waals surface area (Å²) in [7, 11) is 1.64. The predicted octanol–water partition coefficient (Wildman–Crippen LogP) is 3.87. The molecule has 1 aliphatic carbocycles. The molecule has 1 fully saturated rings. The number of anilines is 1. The van der Waals surface area contributed by atoms with Gasteiger partial charge in [0.2, 0.25) is 11.0 Å². The van der Waals surface area contributed by atoms with Crippen LogP contribution in [0.4, 0.5) is 5.13 Å². The van der Waals surface area contributed by atoms with E-state index >= 15 is 0 Å². The van der Waals surface area contributed by atoms with Gasteiger partial charge in [-0.3, -0.25) is 14.9 Å². The summed E-state index contributed by atoms with van der Waals surface area (Å²) >= 11 is 1.43. The molecule has 0 unspecified atom stereocenters. The minimum atomic E-state index is -0.528. The zero-order valence-electron chi connectivity index (χ0n) is 18.4. The van der Waals surface area contributed by atoms with Crippen molar-refractivity contribution >= 4 is 28.3 Å². The molecule has 0 saturated heterocycles. The molecule has 4 rings (SSSR count). The summed E-state index contributed by atoms with van der Waals surface area (Å²) in [5, 5.41) is 12.9. The highest BCUT2D eigenvalue weighted by Crippen LogP contribution is 2.50. The molecule has 1 aromatic carbocycles. The third-order valence-electron chi connectivity index (χ3n) is 6.35. The number of benzene rings is 1. The first kappa shape index (κ1) is 21.9. The number of hydrogen-bond donors (Lipinski definition) is 1. The standard InChI is InChI=1S/C23H30N4O3S/c1-15(2)14-18-25-26-22(31-18)24-20(28)19-16-8-4-5-9-17(16)21(29)27(12-13-30-3)23(19)10-6-7-11-23/h4-5,8-9,15,19H,6-7,10-14H2,1-3H3,(H,24,26,28)/t19-/m0/s1. The molecule has 2 aliphatic rings. The van der Waals surface area contributed by atoms with Gasteiger partial charge in [-0.15, -0.1) is 10.2 Å². The van der Waals surface area contributed by atoms with Crippen LogP contribution >= 0.6 is 11.3 Å². The first-order valence-corrected chi connectivity index (χ1v) is 11.8. The second kappa shape index (κ2) is 9.04. The Morgan fingerprint density at radius 3 is 2.74 bits per heavy atom. The van der Waals surface area contributed by atoms with E-state index in [0.717, 1.165) is 42.7 Å². The fraction of sp³-hybridized carbons (Fsp3) is 0.565. The lowest BCUT2D eigenvalue weighted by molar-refractivity contribution is -0.121. The topological polar surface area (TPSA) is 84.4 Å². The molecular formula is C23H30N4O3S. The highest BCUT2D eigenvalue weighted by Gasteiger charge is 2.55. The molecule has 0 radical (unpaired) electrons. The van der Waals surface area contributed by atoms with Gasteiger partial charge in [-0.05, 0) is 30.4 Å². The molecule has 8 heteroatoms. The largest absolute Gasteiger partial charge is 0.383 e. The molecule has 166 valence electrons. The van der Waals surface area contributed by atoms with E-state index < -0.39 is 11.5 Å². The van der Waals surface area contributed by atoms with Crippen molar-refractivity contribution in [3.05, 3.63) is 40.4 Å². The van der Waals surface area contributed by atoms with E-state index in [4.69, 9.17) is 4.74 Å². The first-order chi connectivity index (χ1) is 15.0. The fourth-order valence-electron chi connectivity index (χ4n) is 5.09. The number of rotatable bonds is 7. The molecule has 1 atom stereocenters. The average Bonchev–Trinajstić information content (AvgIpc) is 3.38. The predicted molar refractivity (Wildman–Crippen MR) is 120 cm³/mol. The Labute approximate surface area is 187 Å². The highest BCUT2D eigenvalue weighted by molar-refractivity contribution is 7.15. The lowest BCUT2D eigenvalue weighted by Crippen LogP contribution is -2.60. The maximum Gasteiger partial charge on any atom is 0.254 e. The Morgan fingerprint density at radius 2 is 2.03 bits per heavy atom. The average molecular weight is 443 g/mol. The van der Waals surface area contributed by atoms with Crippen LogP contribution in [0.1, 0.15) is 66.4 Å². The zero-order chi connectivity index (χ0) is 22.0. The van der Waals surface area contributed by atoms with E-state index in [0.29, 0.717) is 29.8 Å². The van der Waals surface area contributed by atoms with Crippen molar-refractivity contribution in [1.29, 1.82) is 0 Å². The number of carbonyl (C=O) groups excluding carboxylic acids is 2. The van der Waals surface area contributed by atoms with Crippen LogP contribution < -0.4 is 5.32 Å². The fourth-order valence-corrected chi connectivity index (χ4v) is 6.04. The van der Waals surface area contributed by atoms with E-state index in [1.165, 1.54) is 11.3 Å². The van der Waals surface area contributed by atoms with Crippen LogP contribution in [-0.4, -0.2) is 52.7 Å². The Bertz CT molecular complexity index is 952. The molecule has 31 heavy (non-hydrogen) atoms. The molecule has 1 N–H and O–H groups in total. The van der Waals surface area contributed by atoms with Crippen molar-refractivity contribution in [3.63, 3.8) is 0 Å². The van der Waals surface area contributed by atoms with Gasteiger partial charge in [-0.2, -0.15) is 0 Å². The molecule has 1 spiro atoms. The number of aromatic nitrogens is 2. The highest BCUT2D eigenvalue weighted by atomic mass is 32.1. The van der Waals surface area contributed by atoms with Crippen LogP contribution in [0.25, 0.3) is 0 Å². The number of ether oxygens (including phenoxy) is 1.